The van der Waals surface area contributed by atoms with Gasteiger partial charge < -0.3 is 15.2 Å². The Balaban J connectivity index is 1.52. The van der Waals surface area contributed by atoms with E-state index in [-0.39, 0.29) is 12.6 Å². The zero-order valence-electron chi connectivity index (χ0n) is 16.0. The first-order chi connectivity index (χ1) is 14.7. The number of rotatable bonds is 1. The SMILES string of the molecule is NC1=N[C@@]2(CO1)c1cc(-c3cncnc3)ccc1Oc1ncc(C#CC3CC3)cc12. The van der Waals surface area contributed by atoms with Crippen LogP contribution in [-0.2, 0) is 10.3 Å². The van der Waals surface area contributed by atoms with E-state index in [0.717, 1.165) is 27.8 Å². The van der Waals surface area contributed by atoms with Crippen molar-refractivity contribution in [2.24, 2.45) is 16.6 Å². The van der Waals surface area contributed by atoms with Crippen LogP contribution in [-0.4, -0.2) is 27.6 Å². The third-order valence-corrected chi connectivity index (χ3v) is 5.55. The minimum absolute atomic E-state index is 0.150. The van der Waals surface area contributed by atoms with Gasteiger partial charge in [0.2, 0.25) is 5.88 Å². The monoisotopic (exact) mass is 395 g/mol. The molecule has 1 spiro atoms. The largest absolute Gasteiger partial charge is 0.462 e. The van der Waals surface area contributed by atoms with Gasteiger partial charge in [-0.1, -0.05) is 17.9 Å². The molecule has 1 atom stereocenters. The van der Waals surface area contributed by atoms with E-state index in [1.54, 1.807) is 18.6 Å². The Kier molecular flexibility index (Phi) is 3.56. The molecule has 2 aliphatic heterocycles. The summed E-state index contributed by atoms with van der Waals surface area (Å²) < 4.78 is 11.8. The van der Waals surface area contributed by atoms with Crippen LogP contribution in [0, 0.1) is 17.8 Å². The minimum atomic E-state index is -0.830. The highest BCUT2D eigenvalue weighted by atomic mass is 16.5. The number of amidine groups is 1. The molecule has 7 nitrogen and oxygen atoms in total. The Hall–Kier alpha value is -3.92. The predicted octanol–water partition coefficient (Wildman–Crippen LogP) is 2.99. The number of benzene rings is 1. The molecule has 1 fully saturated rings. The number of fused-ring (bicyclic) bond motifs is 4. The third-order valence-electron chi connectivity index (χ3n) is 5.55. The van der Waals surface area contributed by atoms with Crippen molar-refractivity contribution in [1.82, 2.24) is 15.0 Å². The lowest BCUT2D eigenvalue weighted by Crippen LogP contribution is -2.31. The average molecular weight is 395 g/mol. The maximum Gasteiger partial charge on any atom is 0.283 e. The maximum atomic E-state index is 6.13. The lowest BCUT2D eigenvalue weighted by molar-refractivity contribution is 0.262. The Morgan fingerprint density at radius 3 is 2.67 bits per heavy atom. The Labute approximate surface area is 173 Å². The highest BCUT2D eigenvalue weighted by Gasteiger charge is 2.47. The number of nitrogens with two attached hydrogens (primary N) is 1. The molecule has 3 aliphatic rings. The summed E-state index contributed by atoms with van der Waals surface area (Å²) >= 11 is 0. The number of ether oxygens (including phenoxy) is 2. The molecule has 0 saturated heterocycles. The average Bonchev–Trinajstić information content (AvgIpc) is 3.54. The molecule has 1 saturated carbocycles. The molecule has 6 rings (SSSR count). The van der Waals surface area contributed by atoms with Crippen molar-refractivity contribution in [3.63, 3.8) is 0 Å². The van der Waals surface area contributed by atoms with E-state index in [4.69, 9.17) is 20.2 Å². The first-order valence-electron chi connectivity index (χ1n) is 9.79. The van der Waals surface area contributed by atoms with Crippen LogP contribution in [0.15, 0.2) is 54.2 Å². The zero-order valence-corrected chi connectivity index (χ0v) is 16.0. The van der Waals surface area contributed by atoms with Gasteiger partial charge in [-0.2, -0.15) is 0 Å². The molecule has 30 heavy (non-hydrogen) atoms. The molecule has 3 aromatic rings. The lowest BCUT2D eigenvalue weighted by atomic mass is 9.81. The molecule has 146 valence electrons. The van der Waals surface area contributed by atoms with Crippen LogP contribution in [0.25, 0.3) is 11.1 Å². The smallest absolute Gasteiger partial charge is 0.283 e. The van der Waals surface area contributed by atoms with Gasteiger partial charge in [-0.15, -0.1) is 0 Å². The summed E-state index contributed by atoms with van der Waals surface area (Å²) in [5.41, 5.74) is 9.50. The zero-order chi connectivity index (χ0) is 20.1. The summed E-state index contributed by atoms with van der Waals surface area (Å²) in [5, 5.41) is 0. The number of aromatic nitrogens is 3. The molecule has 0 amide bonds. The van der Waals surface area contributed by atoms with Gasteiger partial charge >= 0.3 is 0 Å². The number of aliphatic imine (C=N–C) groups is 1. The van der Waals surface area contributed by atoms with E-state index < -0.39 is 5.54 Å². The van der Waals surface area contributed by atoms with Crippen LogP contribution in [0.3, 0.4) is 0 Å². The molecule has 1 aliphatic carbocycles. The second-order valence-electron chi connectivity index (χ2n) is 7.66. The van der Waals surface area contributed by atoms with Crippen molar-refractivity contribution in [2.45, 2.75) is 18.4 Å². The Bertz CT molecular complexity index is 1260. The van der Waals surface area contributed by atoms with Gasteiger partial charge in [-0.25, -0.2) is 19.9 Å². The summed E-state index contributed by atoms with van der Waals surface area (Å²) in [6.45, 7) is 0.276. The van der Waals surface area contributed by atoms with Crippen LogP contribution in [0.4, 0.5) is 0 Å². The van der Waals surface area contributed by atoms with E-state index in [1.165, 1.54) is 19.2 Å². The summed E-state index contributed by atoms with van der Waals surface area (Å²) in [5.74, 6) is 8.19. The molecule has 2 N–H and O–H groups in total. The molecular formula is C23H17N5O2. The fourth-order valence-corrected chi connectivity index (χ4v) is 3.84. The van der Waals surface area contributed by atoms with Crippen molar-refractivity contribution in [1.29, 1.82) is 0 Å². The second kappa shape index (κ2) is 6.29. The first-order valence-corrected chi connectivity index (χ1v) is 9.79. The lowest BCUT2D eigenvalue weighted by Gasteiger charge is -2.33. The van der Waals surface area contributed by atoms with Gasteiger partial charge in [0.05, 0.1) is 5.56 Å². The molecule has 0 bridgehead atoms. The summed E-state index contributed by atoms with van der Waals surface area (Å²) in [6.07, 6.45) is 9.14. The fraction of sp³-hybridized carbons (Fsp3) is 0.217. The summed E-state index contributed by atoms with van der Waals surface area (Å²) in [6, 6.07) is 8.05. The van der Waals surface area contributed by atoms with E-state index in [2.05, 4.69) is 26.8 Å². The normalized spacial score (nSPS) is 20.9. The van der Waals surface area contributed by atoms with Crippen LogP contribution >= 0.6 is 0 Å². The van der Waals surface area contributed by atoms with Crippen LogP contribution in [0.5, 0.6) is 11.6 Å². The highest BCUT2D eigenvalue weighted by Crippen LogP contribution is 2.51. The van der Waals surface area contributed by atoms with Crippen molar-refractivity contribution in [2.75, 3.05) is 6.61 Å². The summed E-state index contributed by atoms with van der Waals surface area (Å²) in [4.78, 5) is 17.5. The van der Waals surface area contributed by atoms with Crippen LogP contribution < -0.4 is 10.5 Å². The Morgan fingerprint density at radius 2 is 1.90 bits per heavy atom. The van der Waals surface area contributed by atoms with Crippen molar-refractivity contribution >= 4 is 6.02 Å². The van der Waals surface area contributed by atoms with Gasteiger partial charge in [0.25, 0.3) is 6.02 Å². The van der Waals surface area contributed by atoms with Crippen molar-refractivity contribution < 1.29 is 9.47 Å². The van der Waals surface area contributed by atoms with E-state index >= 15 is 0 Å². The van der Waals surface area contributed by atoms with Crippen molar-refractivity contribution in [3.05, 3.63) is 65.9 Å². The summed E-state index contributed by atoms with van der Waals surface area (Å²) in [7, 11) is 0. The van der Waals surface area contributed by atoms with Gasteiger partial charge in [0, 0.05) is 41.2 Å². The van der Waals surface area contributed by atoms with E-state index in [9.17, 15) is 0 Å². The van der Waals surface area contributed by atoms with Gasteiger partial charge in [0.15, 0.2) is 5.54 Å². The quantitative estimate of drug-likeness (QED) is 0.637. The van der Waals surface area contributed by atoms with Crippen LogP contribution in [0.1, 0.15) is 29.5 Å². The molecule has 0 radical (unpaired) electrons. The third kappa shape index (κ3) is 2.69. The number of hydrogen-bond donors (Lipinski definition) is 1. The molecule has 0 unspecified atom stereocenters. The van der Waals surface area contributed by atoms with Gasteiger partial charge in [0.1, 0.15) is 18.7 Å². The topological polar surface area (TPSA) is 95.5 Å². The minimum Gasteiger partial charge on any atom is -0.462 e. The molecule has 7 heteroatoms. The van der Waals surface area contributed by atoms with E-state index in [1.807, 2.05) is 24.3 Å². The predicted molar refractivity (Wildman–Crippen MR) is 110 cm³/mol. The maximum absolute atomic E-state index is 6.13. The standard InChI is InChI=1S/C23H17N5O2/c24-22-28-23(12-29-22)18-8-16(17-10-25-13-26-11-17)5-6-20(18)30-21-19(23)7-15(9-27-21)4-3-14-1-2-14/h5-11,13-14H,1-2,12H2,(H2,24,28)/t23-/m0/s1. The number of nitrogens with zero attached hydrogens (tertiary/aromatic N) is 4. The molecule has 2 aromatic heterocycles. The fourth-order valence-electron chi connectivity index (χ4n) is 3.84. The van der Waals surface area contributed by atoms with E-state index in [0.29, 0.717) is 17.5 Å². The number of hydrogen-bond acceptors (Lipinski definition) is 7. The molecule has 4 heterocycles. The van der Waals surface area contributed by atoms with Crippen LogP contribution in [0.2, 0.25) is 0 Å². The molecular weight excluding hydrogens is 378 g/mol. The van der Waals surface area contributed by atoms with Gasteiger partial charge in [-0.05, 0) is 36.6 Å². The van der Waals surface area contributed by atoms with Gasteiger partial charge in [-0.3, -0.25) is 0 Å². The Morgan fingerprint density at radius 1 is 1.03 bits per heavy atom. The number of pyridine rings is 1. The second-order valence-corrected chi connectivity index (χ2v) is 7.66. The molecule has 1 aromatic carbocycles. The highest BCUT2D eigenvalue weighted by molar-refractivity contribution is 5.77. The van der Waals surface area contributed by atoms with Crippen molar-refractivity contribution in [3.8, 4) is 34.6 Å². The first kappa shape index (κ1) is 17.0.